The first-order valence-corrected chi connectivity index (χ1v) is 10.7. The zero-order valence-electron chi connectivity index (χ0n) is 18.2. The molecule has 0 radical (unpaired) electrons. The van der Waals surface area contributed by atoms with E-state index in [4.69, 9.17) is 9.47 Å². The molecule has 1 heterocycles. The molecule has 1 saturated heterocycles. The molecule has 1 fully saturated rings. The molecule has 0 aromatic heterocycles. The van der Waals surface area contributed by atoms with E-state index in [1.165, 1.54) is 0 Å². The molecule has 0 bridgehead atoms. The minimum atomic E-state index is -1.13. The lowest BCUT2D eigenvalue weighted by Crippen LogP contribution is -2.45. The minimum absolute atomic E-state index is 0.123. The molecular formula is C24H28N2O6. The van der Waals surface area contributed by atoms with Gasteiger partial charge in [-0.3, -0.25) is 9.69 Å². The highest BCUT2D eigenvalue weighted by Gasteiger charge is 2.51. The summed E-state index contributed by atoms with van der Waals surface area (Å²) in [5, 5.41) is 13.2. The summed E-state index contributed by atoms with van der Waals surface area (Å²) in [5.74, 6) is -0.362. The molecule has 2 atom stereocenters. The van der Waals surface area contributed by atoms with Crippen molar-refractivity contribution >= 4 is 17.9 Å². The summed E-state index contributed by atoms with van der Waals surface area (Å²) in [6.45, 7) is 3.65. The van der Waals surface area contributed by atoms with Crippen LogP contribution >= 0.6 is 0 Å². The molecule has 2 N–H and O–H groups in total. The van der Waals surface area contributed by atoms with Gasteiger partial charge in [0.1, 0.15) is 24.0 Å². The van der Waals surface area contributed by atoms with Crippen molar-refractivity contribution in [2.75, 3.05) is 19.8 Å². The molecule has 8 heteroatoms. The molecule has 1 aliphatic rings. The number of aliphatic hydroxyl groups excluding tert-OH is 1. The van der Waals surface area contributed by atoms with Crippen LogP contribution in [0, 0.1) is 0 Å². The molecule has 2 unspecified atom stereocenters. The zero-order chi connectivity index (χ0) is 23.1. The number of ether oxygens (including phenoxy) is 2. The number of hydrogen-bond donors (Lipinski definition) is 2. The monoisotopic (exact) mass is 440 g/mol. The number of hydrogen-bond acceptors (Lipinski definition) is 6. The Morgan fingerprint density at radius 3 is 2.41 bits per heavy atom. The highest BCUT2D eigenvalue weighted by Crippen LogP contribution is 2.33. The predicted octanol–water partition coefficient (Wildman–Crippen LogP) is 2.85. The third kappa shape index (κ3) is 4.91. The predicted molar refractivity (Wildman–Crippen MR) is 117 cm³/mol. The van der Waals surface area contributed by atoms with Gasteiger partial charge >= 0.3 is 12.0 Å². The first-order chi connectivity index (χ1) is 15.4. The van der Waals surface area contributed by atoms with Crippen LogP contribution < -0.4 is 10.1 Å². The fourth-order valence-corrected chi connectivity index (χ4v) is 3.76. The Bertz CT molecular complexity index is 947. The molecule has 170 valence electrons. The third-order valence-corrected chi connectivity index (χ3v) is 5.27. The van der Waals surface area contributed by atoms with Gasteiger partial charge < -0.3 is 19.9 Å². The average Bonchev–Trinajstić information content (AvgIpc) is 3.04. The number of carbonyl (C=O) groups excluding carboxylic acids is 3. The number of nitrogens with one attached hydrogen (secondary N) is 1. The summed E-state index contributed by atoms with van der Waals surface area (Å²) < 4.78 is 10.5. The molecule has 2 aromatic rings. The summed E-state index contributed by atoms with van der Waals surface area (Å²) in [6.07, 6.45) is 0.0716. The van der Waals surface area contributed by atoms with Crippen molar-refractivity contribution in [2.24, 2.45) is 0 Å². The van der Waals surface area contributed by atoms with Crippen LogP contribution in [0.2, 0.25) is 0 Å². The van der Waals surface area contributed by atoms with Gasteiger partial charge in [-0.05, 0) is 43.2 Å². The van der Waals surface area contributed by atoms with Crippen LogP contribution in [0.4, 0.5) is 4.79 Å². The fourth-order valence-electron chi connectivity index (χ4n) is 3.76. The maximum atomic E-state index is 13.2. The Hall–Kier alpha value is -3.39. The number of benzene rings is 2. The summed E-state index contributed by atoms with van der Waals surface area (Å²) in [6, 6.07) is 14.9. The van der Waals surface area contributed by atoms with Crippen molar-refractivity contribution in [3.05, 3.63) is 65.7 Å². The highest BCUT2D eigenvalue weighted by molar-refractivity contribution is 6.07. The van der Waals surface area contributed by atoms with E-state index >= 15 is 0 Å². The number of imide groups is 1. The van der Waals surface area contributed by atoms with Crippen LogP contribution in [-0.4, -0.2) is 53.8 Å². The summed E-state index contributed by atoms with van der Waals surface area (Å²) in [5.41, 5.74) is -0.0151. The van der Waals surface area contributed by atoms with Crippen LogP contribution in [0.25, 0.3) is 0 Å². The normalized spacial score (nSPS) is 18.9. The average molecular weight is 440 g/mol. The smallest absolute Gasteiger partial charge is 0.338 e. The molecule has 0 saturated carbocycles. The van der Waals surface area contributed by atoms with Gasteiger partial charge in [0.2, 0.25) is 0 Å². The minimum Gasteiger partial charge on any atom is -0.491 e. The Morgan fingerprint density at radius 2 is 1.78 bits per heavy atom. The fraction of sp³-hybridized carbons (Fsp3) is 0.375. The Labute approximate surface area is 187 Å². The molecule has 2 aromatic carbocycles. The van der Waals surface area contributed by atoms with Crippen LogP contribution in [0.3, 0.4) is 0 Å². The van der Waals surface area contributed by atoms with Crippen molar-refractivity contribution in [1.82, 2.24) is 10.2 Å². The Morgan fingerprint density at radius 1 is 1.09 bits per heavy atom. The van der Waals surface area contributed by atoms with Crippen LogP contribution in [0.1, 0.15) is 42.6 Å². The topological polar surface area (TPSA) is 105 Å². The quantitative estimate of drug-likeness (QED) is 0.435. The zero-order valence-corrected chi connectivity index (χ0v) is 18.2. The van der Waals surface area contributed by atoms with Crippen LogP contribution in [0.5, 0.6) is 5.75 Å². The largest absolute Gasteiger partial charge is 0.491 e. The van der Waals surface area contributed by atoms with Gasteiger partial charge in [0.05, 0.1) is 18.7 Å². The number of aliphatic hydroxyl groups is 1. The van der Waals surface area contributed by atoms with Crippen molar-refractivity contribution in [3.63, 3.8) is 0 Å². The lowest BCUT2D eigenvalue weighted by molar-refractivity contribution is -0.133. The molecule has 0 spiro atoms. The summed E-state index contributed by atoms with van der Waals surface area (Å²) in [4.78, 5) is 38.6. The number of esters is 1. The summed E-state index contributed by atoms with van der Waals surface area (Å²) in [7, 11) is 0. The second-order valence-corrected chi connectivity index (χ2v) is 7.58. The molecule has 1 aliphatic heterocycles. The van der Waals surface area contributed by atoms with Gasteiger partial charge in [0.25, 0.3) is 5.91 Å². The SMILES string of the molecule is CCCC1(c2ccccc2)NC(=O)N(CC(O)COc2ccc(C(=O)OCC)cc2)C1=O. The lowest BCUT2D eigenvalue weighted by Gasteiger charge is -2.27. The Kier molecular flexibility index (Phi) is 7.48. The van der Waals surface area contributed by atoms with E-state index in [2.05, 4.69) is 5.32 Å². The van der Waals surface area contributed by atoms with E-state index in [0.29, 0.717) is 24.2 Å². The molecule has 3 rings (SSSR count). The van der Waals surface area contributed by atoms with E-state index < -0.39 is 23.6 Å². The molecular weight excluding hydrogens is 412 g/mol. The van der Waals surface area contributed by atoms with Gasteiger partial charge in [-0.2, -0.15) is 0 Å². The van der Waals surface area contributed by atoms with Crippen molar-refractivity contribution in [3.8, 4) is 5.75 Å². The van der Waals surface area contributed by atoms with Crippen LogP contribution in [0.15, 0.2) is 54.6 Å². The number of carbonyl (C=O) groups is 3. The maximum Gasteiger partial charge on any atom is 0.338 e. The van der Waals surface area contributed by atoms with Gasteiger partial charge in [0, 0.05) is 0 Å². The number of rotatable bonds is 10. The second kappa shape index (κ2) is 10.3. The van der Waals surface area contributed by atoms with Crippen LogP contribution in [-0.2, 0) is 15.1 Å². The van der Waals surface area contributed by atoms with E-state index in [9.17, 15) is 19.5 Å². The standard InChI is InChI=1S/C24H28N2O6/c1-3-14-24(18-8-6-5-7-9-18)22(29)26(23(30)25-24)15-19(27)16-32-20-12-10-17(11-13-20)21(28)31-4-2/h5-13,19,27H,3-4,14-16H2,1-2H3,(H,25,30). The van der Waals surface area contributed by atoms with Crippen molar-refractivity contribution < 1.29 is 29.0 Å². The van der Waals surface area contributed by atoms with Crippen molar-refractivity contribution in [2.45, 2.75) is 38.3 Å². The number of β-amino-alcohol motifs (C(OH)–C–C–N with tert-alkyl or cyclic N) is 1. The van der Waals surface area contributed by atoms with E-state index in [1.54, 1.807) is 31.2 Å². The second-order valence-electron chi connectivity index (χ2n) is 7.58. The lowest BCUT2D eigenvalue weighted by atomic mass is 9.85. The molecule has 32 heavy (non-hydrogen) atoms. The Balaban J connectivity index is 1.62. The van der Waals surface area contributed by atoms with E-state index in [0.717, 1.165) is 10.5 Å². The highest BCUT2D eigenvalue weighted by atomic mass is 16.5. The van der Waals surface area contributed by atoms with Gasteiger partial charge in [-0.25, -0.2) is 9.59 Å². The number of amides is 3. The van der Waals surface area contributed by atoms with Gasteiger partial charge in [0.15, 0.2) is 0 Å². The number of nitrogens with zero attached hydrogens (tertiary/aromatic N) is 1. The maximum absolute atomic E-state index is 13.2. The summed E-state index contributed by atoms with van der Waals surface area (Å²) >= 11 is 0. The first-order valence-electron chi connectivity index (χ1n) is 10.7. The first kappa shape index (κ1) is 23.3. The third-order valence-electron chi connectivity index (χ3n) is 5.27. The van der Waals surface area contributed by atoms with E-state index in [1.807, 2.05) is 37.3 Å². The molecule has 0 aliphatic carbocycles. The van der Waals surface area contributed by atoms with Gasteiger partial charge in [-0.15, -0.1) is 0 Å². The van der Waals surface area contributed by atoms with Gasteiger partial charge in [-0.1, -0.05) is 43.7 Å². The van der Waals surface area contributed by atoms with E-state index in [-0.39, 0.29) is 25.7 Å². The molecule has 8 nitrogen and oxygen atoms in total. The molecule has 3 amide bonds. The van der Waals surface area contributed by atoms with Crippen molar-refractivity contribution in [1.29, 1.82) is 0 Å². The number of urea groups is 1.